The van der Waals surface area contributed by atoms with Crippen LogP contribution in [0.3, 0.4) is 0 Å². The van der Waals surface area contributed by atoms with E-state index in [2.05, 4.69) is 0 Å². The summed E-state index contributed by atoms with van der Waals surface area (Å²) in [6, 6.07) is 0. The molecule has 0 fully saturated rings. The van der Waals surface area contributed by atoms with E-state index in [0.29, 0.717) is 6.42 Å². The summed E-state index contributed by atoms with van der Waals surface area (Å²) in [6.45, 7) is 0.570. The molecule has 3 N–H and O–H groups in total. The van der Waals surface area contributed by atoms with Crippen LogP contribution in [-0.2, 0) is 14.2 Å². The van der Waals surface area contributed by atoms with Crippen molar-refractivity contribution in [3.05, 3.63) is 0 Å². The van der Waals surface area contributed by atoms with Crippen molar-refractivity contribution >= 4 is 34.8 Å². The SMILES string of the molecule is OC(CCl)COCC(CCOC(O)CCl)OCC(O)CCl. The molecule has 0 radical (unpaired) electrons. The van der Waals surface area contributed by atoms with E-state index >= 15 is 0 Å². The number of aliphatic hydroxyl groups excluding tert-OH is 3. The van der Waals surface area contributed by atoms with E-state index in [0.717, 1.165) is 0 Å². The minimum absolute atomic E-state index is 0.0189. The normalized spacial score (nSPS) is 17.4. The lowest BCUT2D eigenvalue weighted by atomic mass is 10.2. The van der Waals surface area contributed by atoms with Crippen LogP contribution in [0, 0.1) is 0 Å². The molecule has 0 rings (SSSR count). The maximum atomic E-state index is 9.37. The predicted molar refractivity (Wildman–Crippen MR) is 81.3 cm³/mol. The van der Waals surface area contributed by atoms with Crippen LogP contribution in [-0.4, -0.2) is 84.0 Å². The van der Waals surface area contributed by atoms with Gasteiger partial charge in [-0.15, -0.1) is 34.8 Å². The highest BCUT2D eigenvalue weighted by Gasteiger charge is 2.14. The van der Waals surface area contributed by atoms with E-state index in [4.69, 9.17) is 49.0 Å². The van der Waals surface area contributed by atoms with E-state index in [-0.39, 0.29) is 50.2 Å². The first-order valence-electron chi connectivity index (χ1n) is 6.56. The summed E-state index contributed by atoms with van der Waals surface area (Å²) in [6.07, 6.45) is -2.47. The number of aliphatic hydroxyl groups is 3. The van der Waals surface area contributed by atoms with Crippen LogP contribution in [0.2, 0.25) is 0 Å². The number of hydrogen-bond donors (Lipinski definition) is 3. The number of rotatable bonds is 14. The fourth-order valence-corrected chi connectivity index (χ4v) is 1.53. The van der Waals surface area contributed by atoms with E-state index in [9.17, 15) is 15.3 Å². The molecule has 0 aromatic carbocycles. The van der Waals surface area contributed by atoms with Gasteiger partial charge in [-0.05, 0) is 6.42 Å². The lowest BCUT2D eigenvalue weighted by molar-refractivity contribution is -0.106. The molecule has 0 spiro atoms. The molecule has 0 saturated carbocycles. The van der Waals surface area contributed by atoms with Gasteiger partial charge in [0.2, 0.25) is 0 Å². The first-order chi connectivity index (χ1) is 10.0. The molecule has 0 heterocycles. The molecular formula is C12H23Cl3O6. The average molecular weight is 370 g/mol. The van der Waals surface area contributed by atoms with Crippen molar-refractivity contribution in [1.29, 1.82) is 0 Å². The summed E-state index contributed by atoms with van der Waals surface area (Å²) in [7, 11) is 0. The molecule has 0 aliphatic heterocycles. The van der Waals surface area contributed by atoms with Crippen LogP contribution in [0.4, 0.5) is 0 Å². The Bertz CT molecular complexity index is 221. The minimum Gasteiger partial charge on any atom is -0.389 e. The summed E-state index contributed by atoms with van der Waals surface area (Å²) in [5.74, 6) is 0.135. The fraction of sp³-hybridized carbons (Fsp3) is 1.00. The van der Waals surface area contributed by atoms with Gasteiger partial charge in [0.05, 0.1) is 62.4 Å². The van der Waals surface area contributed by atoms with Crippen molar-refractivity contribution in [2.75, 3.05) is 44.1 Å². The van der Waals surface area contributed by atoms with Crippen molar-refractivity contribution in [3.8, 4) is 0 Å². The van der Waals surface area contributed by atoms with Gasteiger partial charge in [-0.3, -0.25) is 0 Å². The van der Waals surface area contributed by atoms with Crippen LogP contribution >= 0.6 is 34.8 Å². The highest BCUT2D eigenvalue weighted by molar-refractivity contribution is 6.18. The van der Waals surface area contributed by atoms with Crippen molar-refractivity contribution in [3.63, 3.8) is 0 Å². The third-order valence-electron chi connectivity index (χ3n) is 2.38. The van der Waals surface area contributed by atoms with E-state index in [1.165, 1.54) is 0 Å². The van der Waals surface area contributed by atoms with Crippen molar-refractivity contribution in [1.82, 2.24) is 0 Å². The predicted octanol–water partition coefficient (Wildman–Crippen LogP) is 0.552. The Balaban J connectivity index is 4.01. The Hall–Kier alpha value is 0.630. The second-order valence-electron chi connectivity index (χ2n) is 4.38. The van der Waals surface area contributed by atoms with Crippen LogP contribution in [0.15, 0.2) is 0 Å². The molecule has 0 bridgehead atoms. The number of halogens is 3. The van der Waals surface area contributed by atoms with Gasteiger partial charge < -0.3 is 29.5 Å². The summed E-state index contributed by atoms with van der Waals surface area (Å²) in [4.78, 5) is 0. The van der Waals surface area contributed by atoms with Crippen molar-refractivity contribution in [2.24, 2.45) is 0 Å². The monoisotopic (exact) mass is 368 g/mol. The Morgan fingerprint density at radius 2 is 1.38 bits per heavy atom. The zero-order valence-electron chi connectivity index (χ0n) is 11.7. The first kappa shape index (κ1) is 21.6. The van der Waals surface area contributed by atoms with Crippen LogP contribution in [0.25, 0.3) is 0 Å². The molecule has 21 heavy (non-hydrogen) atoms. The summed E-state index contributed by atoms with van der Waals surface area (Å²) in [5.41, 5.74) is 0. The Labute approximate surface area is 139 Å². The van der Waals surface area contributed by atoms with Gasteiger partial charge in [0.25, 0.3) is 0 Å². The lowest BCUT2D eigenvalue weighted by Crippen LogP contribution is -2.30. The van der Waals surface area contributed by atoms with Gasteiger partial charge in [0, 0.05) is 0 Å². The third kappa shape index (κ3) is 12.8. The third-order valence-corrected chi connectivity index (χ3v) is 3.35. The Kier molecular flexibility index (Phi) is 14.7. The number of hydrogen-bond acceptors (Lipinski definition) is 6. The van der Waals surface area contributed by atoms with Gasteiger partial charge >= 0.3 is 0 Å². The highest BCUT2D eigenvalue weighted by Crippen LogP contribution is 2.05. The summed E-state index contributed by atoms with van der Waals surface area (Å²) >= 11 is 16.3. The van der Waals surface area contributed by atoms with Crippen molar-refractivity contribution in [2.45, 2.75) is 31.0 Å². The summed E-state index contributed by atoms with van der Waals surface area (Å²) < 4.78 is 15.8. The maximum absolute atomic E-state index is 9.37. The van der Waals surface area contributed by atoms with Gasteiger partial charge in [0.1, 0.15) is 0 Å². The molecule has 6 nitrogen and oxygen atoms in total. The molecule has 128 valence electrons. The second kappa shape index (κ2) is 14.2. The van der Waals surface area contributed by atoms with E-state index in [1.807, 2.05) is 0 Å². The Morgan fingerprint density at radius 1 is 0.762 bits per heavy atom. The molecule has 0 aromatic heterocycles. The van der Waals surface area contributed by atoms with Crippen LogP contribution in [0.5, 0.6) is 0 Å². The zero-order valence-corrected chi connectivity index (χ0v) is 13.9. The lowest BCUT2D eigenvalue weighted by Gasteiger charge is -2.20. The standard InChI is InChI=1S/C12H23Cl3O6/c13-3-9(16)6-19-8-11(21-7-10(17)4-14)1-2-20-12(18)5-15/h9-12,16-18H,1-8H2. The van der Waals surface area contributed by atoms with Gasteiger partial charge in [-0.25, -0.2) is 0 Å². The maximum Gasteiger partial charge on any atom is 0.168 e. The van der Waals surface area contributed by atoms with Gasteiger partial charge in [0.15, 0.2) is 6.29 Å². The number of alkyl halides is 3. The molecule has 4 atom stereocenters. The fourth-order valence-electron chi connectivity index (χ4n) is 1.27. The molecule has 4 unspecified atom stereocenters. The average Bonchev–Trinajstić information content (AvgIpc) is 2.50. The largest absolute Gasteiger partial charge is 0.389 e. The first-order valence-corrected chi connectivity index (χ1v) is 8.16. The smallest absolute Gasteiger partial charge is 0.168 e. The van der Waals surface area contributed by atoms with Crippen molar-refractivity contribution < 1.29 is 29.5 Å². The quantitative estimate of drug-likeness (QED) is 0.306. The topological polar surface area (TPSA) is 88.4 Å². The number of ether oxygens (including phenoxy) is 3. The van der Waals surface area contributed by atoms with E-state index in [1.54, 1.807) is 0 Å². The molecular weight excluding hydrogens is 346 g/mol. The molecule has 9 heteroatoms. The second-order valence-corrected chi connectivity index (χ2v) is 5.30. The van der Waals surface area contributed by atoms with Crippen LogP contribution < -0.4 is 0 Å². The molecule has 0 aromatic rings. The highest BCUT2D eigenvalue weighted by atomic mass is 35.5. The molecule has 0 aliphatic rings. The van der Waals surface area contributed by atoms with E-state index < -0.39 is 18.5 Å². The molecule has 0 amide bonds. The van der Waals surface area contributed by atoms with Gasteiger partial charge in [-0.1, -0.05) is 0 Å². The Morgan fingerprint density at radius 3 is 1.95 bits per heavy atom. The van der Waals surface area contributed by atoms with Crippen LogP contribution in [0.1, 0.15) is 6.42 Å². The molecule has 0 saturated heterocycles. The summed E-state index contributed by atoms with van der Waals surface area (Å²) in [5, 5.41) is 27.8. The minimum atomic E-state index is -1.03. The zero-order chi connectivity index (χ0) is 16.1. The molecule has 0 aliphatic carbocycles. The van der Waals surface area contributed by atoms with Gasteiger partial charge in [-0.2, -0.15) is 0 Å².